The Morgan fingerprint density at radius 2 is 2.00 bits per heavy atom. The van der Waals surface area contributed by atoms with Gasteiger partial charge in [0.05, 0.1) is 0 Å². The number of benzene rings is 1. The maximum absolute atomic E-state index is 10.7. The highest BCUT2D eigenvalue weighted by Crippen LogP contribution is 2.33. The van der Waals surface area contributed by atoms with E-state index in [-0.39, 0.29) is 0 Å². The zero-order valence-corrected chi connectivity index (χ0v) is 12.4. The molecule has 0 saturated heterocycles. The smallest absolute Gasteiger partial charge is 0.100 e. The van der Waals surface area contributed by atoms with Gasteiger partial charge in [-0.15, -0.1) is 11.3 Å². The van der Waals surface area contributed by atoms with E-state index in [1.807, 2.05) is 50.4 Å². The zero-order chi connectivity index (χ0) is 13.3. The van der Waals surface area contributed by atoms with Crippen molar-refractivity contribution in [3.05, 3.63) is 56.2 Å². The van der Waals surface area contributed by atoms with E-state index in [1.165, 1.54) is 0 Å². The maximum Gasteiger partial charge on any atom is 0.100 e. The summed E-state index contributed by atoms with van der Waals surface area (Å²) in [6.45, 7) is 5.89. The molecule has 1 nitrogen and oxygen atoms in total. The summed E-state index contributed by atoms with van der Waals surface area (Å²) >= 11 is 7.82. The Hall–Kier alpha value is -0.830. The molecule has 2 aromatic rings. The third-order valence-electron chi connectivity index (χ3n) is 3.09. The van der Waals surface area contributed by atoms with Crippen LogP contribution in [0.4, 0.5) is 0 Å². The molecule has 0 spiro atoms. The Labute approximate surface area is 117 Å². The molecule has 1 heterocycles. The summed E-state index contributed by atoms with van der Waals surface area (Å²) in [7, 11) is 0. The fourth-order valence-corrected chi connectivity index (χ4v) is 3.46. The minimum absolute atomic E-state index is 0.535. The summed E-state index contributed by atoms with van der Waals surface area (Å²) in [5, 5.41) is 13.4. The monoisotopic (exact) mass is 280 g/mol. The first-order valence-electron chi connectivity index (χ1n) is 5.92. The molecule has 96 valence electrons. The van der Waals surface area contributed by atoms with Gasteiger partial charge in [-0.2, -0.15) is 0 Å². The number of hydrogen-bond donors (Lipinski definition) is 1. The molecule has 0 fully saturated rings. The van der Waals surface area contributed by atoms with Gasteiger partial charge in [-0.3, -0.25) is 0 Å². The average molecular weight is 281 g/mol. The minimum atomic E-state index is -0.864. The lowest BCUT2D eigenvalue weighted by molar-refractivity contribution is 0.0609. The summed E-state index contributed by atoms with van der Waals surface area (Å²) in [4.78, 5) is 1.01. The van der Waals surface area contributed by atoms with Crippen molar-refractivity contribution in [2.24, 2.45) is 0 Å². The second-order valence-corrected chi connectivity index (χ2v) is 6.30. The first-order valence-corrected chi connectivity index (χ1v) is 7.18. The molecule has 1 N–H and O–H groups in total. The molecule has 0 saturated carbocycles. The van der Waals surface area contributed by atoms with Gasteiger partial charge in [-0.05, 0) is 55.0 Å². The molecule has 0 aliphatic rings. The number of halogens is 1. The third kappa shape index (κ3) is 2.77. The second kappa shape index (κ2) is 5.04. The molecule has 1 aromatic heterocycles. The van der Waals surface area contributed by atoms with E-state index in [9.17, 15) is 5.11 Å². The molecular weight excluding hydrogens is 264 g/mol. The Balaban J connectivity index is 2.30. The van der Waals surface area contributed by atoms with Gasteiger partial charge in [0.1, 0.15) is 5.60 Å². The Morgan fingerprint density at radius 3 is 2.56 bits per heavy atom. The normalized spacial score (nSPS) is 14.5. The van der Waals surface area contributed by atoms with Crippen LogP contribution in [0.25, 0.3) is 0 Å². The molecule has 0 radical (unpaired) electrons. The Morgan fingerprint density at radius 1 is 1.28 bits per heavy atom. The van der Waals surface area contributed by atoms with Crippen molar-refractivity contribution in [2.45, 2.75) is 32.8 Å². The second-order valence-electron chi connectivity index (χ2n) is 4.98. The van der Waals surface area contributed by atoms with E-state index in [0.29, 0.717) is 6.42 Å². The standard InChI is InChI=1S/C15H17ClOS/c1-10-4-5-12(13(16)8-10)9-15(3,17)14-11(2)6-7-18-14/h4-8,17H,9H2,1-3H3. The maximum atomic E-state index is 10.7. The van der Waals surface area contributed by atoms with E-state index in [4.69, 9.17) is 11.6 Å². The fraction of sp³-hybridized carbons (Fsp3) is 0.333. The molecule has 1 aromatic carbocycles. The minimum Gasteiger partial charge on any atom is -0.384 e. The number of aryl methyl sites for hydroxylation is 2. The van der Waals surface area contributed by atoms with Gasteiger partial charge in [-0.25, -0.2) is 0 Å². The lowest BCUT2D eigenvalue weighted by atomic mass is 9.92. The highest BCUT2D eigenvalue weighted by Gasteiger charge is 2.27. The predicted molar refractivity (Wildman–Crippen MR) is 78.5 cm³/mol. The lowest BCUT2D eigenvalue weighted by Gasteiger charge is -2.24. The van der Waals surface area contributed by atoms with Crippen molar-refractivity contribution >= 4 is 22.9 Å². The Kier molecular flexibility index (Phi) is 3.81. The largest absolute Gasteiger partial charge is 0.384 e. The van der Waals surface area contributed by atoms with Gasteiger partial charge in [0.15, 0.2) is 0 Å². The van der Waals surface area contributed by atoms with Gasteiger partial charge in [0.25, 0.3) is 0 Å². The van der Waals surface area contributed by atoms with Crippen molar-refractivity contribution in [1.29, 1.82) is 0 Å². The van der Waals surface area contributed by atoms with Crippen LogP contribution in [-0.2, 0) is 12.0 Å². The molecule has 3 heteroatoms. The van der Waals surface area contributed by atoms with E-state index >= 15 is 0 Å². The van der Waals surface area contributed by atoms with Crippen molar-refractivity contribution in [2.75, 3.05) is 0 Å². The quantitative estimate of drug-likeness (QED) is 0.879. The molecule has 0 aliphatic heterocycles. The van der Waals surface area contributed by atoms with Crippen molar-refractivity contribution < 1.29 is 5.11 Å². The van der Waals surface area contributed by atoms with Gasteiger partial charge in [0.2, 0.25) is 0 Å². The van der Waals surface area contributed by atoms with E-state index in [0.717, 1.165) is 26.6 Å². The molecular formula is C15H17ClOS. The predicted octanol–water partition coefficient (Wildman–Crippen LogP) is 4.47. The summed E-state index contributed by atoms with van der Waals surface area (Å²) in [6.07, 6.45) is 0.535. The topological polar surface area (TPSA) is 20.2 Å². The van der Waals surface area contributed by atoms with Crippen LogP contribution in [0.1, 0.15) is 28.5 Å². The summed E-state index contributed by atoms with van der Waals surface area (Å²) < 4.78 is 0. The molecule has 1 unspecified atom stereocenters. The third-order valence-corrected chi connectivity index (χ3v) is 4.72. The van der Waals surface area contributed by atoms with Gasteiger partial charge in [0, 0.05) is 16.3 Å². The summed E-state index contributed by atoms with van der Waals surface area (Å²) in [6, 6.07) is 7.99. The van der Waals surface area contributed by atoms with E-state index < -0.39 is 5.60 Å². The zero-order valence-electron chi connectivity index (χ0n) is 10.8. The number of aliphatic hydroxyl groups is 1. The van der Waals surface area contributed by atoms with Gasteiger partial charge < -0.3 is 5.11 Å². The molecule has 0 amide bonds. The van der Waals surface area contributed by atoms with Crippen LogP contribution in [0.15, 0.2) is 29.6 Å². The first kappa shape index (κ1) is 13.6. The van der Waals surface area contributed by atoms with Crippen LogP contribution in [0.5, 0.6) is 0 Å². The molecule has 2 rings (SSSR count). The van der Waals surface area contributed by atoms with Crippen molar-refractivity contribution in [3.8, 4) is 0 Å². The summed E-state index contributed by atoms with van der Waals surface area (Å²) in [5.74, 6) is 0. The van der Waals surface area contributed by atoms with E-state index in [1.54, 1.807) is 11.3 Å². The molecule has 0 aliphatic carbocycles. The number of thiophene rings is 1. The van der Waals surface area contributed by atoms with Crippen LogP contribution in [-0.4, -0.2) is 5.11 Å². The average Bonchev–Trinajstić information content (AvgIpc) is 2.69. The number of rotatable bonds is 3. The van der Waals surface area contributed by atoms with Gasteiger partial charge >= 0.3 is 0 Å². The first-order chi connectivity index (χ1) is 8.40. The van der Waals surface area contributed by atoms with Crippen molar-refractivity contribution in [1.82, 2.24) is 0 Å². The lowest BCUT2D eigenvalue weighted by Crippen LogP contribution is -2.24. The van der Waals surface area contributed by atoms with Crippen LogP contribution >= 0.6 is 22.9 Å². The van der Waals surface area contributed by atoms with Crippen molar-refractivity contribution in [3.63, 3.8) is 0 Å². The molecule has 0 bridgehead atoms. The van der Waals surface area contributed by atoms with Crippen LogP contribution in [0.2, 0.25) is 5.02 Å². The SMILES string of the molecule is Cc1ccc(CC(C)(O)c2sccc2C)c(Cl)c1. The highest BCUT2D eigenvalue weighted by atomic mass is 35.5. The van der Waals surface area contributed by atoms with E-state index in [2.05, 4.69) is 0 Å². The van der Waals surface area contributed by atoms with Gasteiger partial charge in [-0.1, -0.05) is 23.7 Å². The number of hydrogen-bond acceptors (Lipinski definition) is 2. The summed E-state index contributed by atoms with van der Waals surface area (Å²) in [5.41, 5.74) is 2.39. The fourth-order valence-electron chi connectivity index (χ4n) is 2.17. The molecule has 1 atom stereocenters. The Bertz CT molecular complexity index is 557. The van der Waals surface area contributed by atoms with Crippen LogP contribution in [0.3, 0.4) is 0 Å². The molecule has 18 heavy (non-hydrogen) atoms. The van der Waals surface area contributed by atoms with Crippen LogP contribution < -0.4 is 0 Å². The van der Waals surface area contributed by atoms with Crippen LogP contribution in [0, 0.1) is 13.8 Å². The highest BCUT2D eigenvalue weighted by molar-refractivity contribution is 7.10.